The highest BCUT2D eigenvalue weighted by atomic mass is 35.5. The van der Waals surface area contributed by atoms with Crippen LogP contribution < -0.4 is 11.1 Å². The van der Waals surface area contributed by atoms with Crippen LogP contribution in [0.3, 0.4) is 0 Å². The van der Waals surface area contributed by atoms with Gasteiger partial charge >= 0.3 is 0 Å². The van der Waals surface area contributed by atoms with E-state index in [-0.39, 0.29) is 11.1 Å². The van der Waals surface area contributed by atoms with Gasteiger partial charge in [0, 0.05) is 22.9 Å². The average Bonchev–Trinajstić information content (AvgIpc) is 3.24. The number of ether oxygens (including phenoxy) is 2. The predicted octanol–water partition coefficient (Wildman–Crippen LogP) is 3.00. The predicted molar refractivity (Wildman–Crippen MR) is 114 cm³/mol. The third-order valence-electron chi connectivity index (χ3n) is 4.37. The number of aromatic nitrogens is 4. The summed E-state index contributed by atoms with van der Waals surface area (Å²) in [4.78, 5) is 33.5. The molecule has 30 heavy (non-hydrogen) atoms. The van der Waals surface area contributed by atoms with E-state index in [4.69, 9.17) is 32.7 Å². The molecule has 0 saturated carbocycles. The van der Waals surface area contributed by atoms with Crippen LogP contribution in [0.5, 0.6) is 0 Å². The molecule has 0 bridgehead atoms. The van der Waals surface area contributed by atoms with E-state index in [1.54, 1.807) is 30.3 Å². The van der Waals surface area contributed by atoms with Gasteiger partial charge in [0.15, 0.2) is 6.29 Å². The molecule has 0 atom stereocenters. The number of halogens is 2. The Morgan fingerprint density at radius 1 is 0.900 bits per heavy atom. The van der Waals surface area contributed by atoms with Crippen molar-refractivity contribution < 1.29 is 9.47 Å². The molecule has 4 aromatic rings. The van der Waals surface area contributed by atoms with Gasteiger partial charge in [-0.1, -0.05) is 23.2 Å². The van der Waals surface area contributed by atoms with Gasteiger partial charge in [0.2, 0.25) is 5.56 Å². The number of aromatic amines is 1. The van der Waals surface area contributed by atoms with Gasteiger partial charge in [-0.15, -0.1) is 0 Å². The lowest BCUT2D eigenvalue weighted by molar-refractivity contribution is -0.0523. The highest BCUT2D eigenvalue weighted by Gasteiger charge is 2.18. The Morgan fingerprint density at radius 3 is 2.30 bits per heavy atom. The molecule has 1 aliphatic rings. The number of hydrogen-bond acceptors (Lipinski definition) is 6. The van der Waals surface area contributed by atoms with Crippen molar-refractivity contribution in [3.05, 3.63) is 79.5 Å². The lowest BCUT2D eigenvalue weighted by Gasteiger charge is -2.13. The van der Waals surface area contributed by atoms with E-state index in [1.165, 1.54) is 16.7 Å². The van der Waals surface area contributed by atoms with Crippen molar-refractivity contribution in [3.8, 4) is 0 Å². The Labute approximate surface area is 180 Å². The second kappa shape index (κ2) is 8.93. The van der Waals surface area contributed by atoms with Crippen LogP contribution in [-0.4, -0.2) is 39.0 Å². The van der Waals surface area contributed by atoms with Crippen LogP contribution in [0, 0.1) is 0 Å². The summed E-state index contributed by atoms with van der Waals surface area (Å²) in [6, 6.07) is 13.4. The van der Waals surface area contributed by atoms with Crippen molar-refractivity contribution in [3.63, 3.8) is 0 Å². The fourth-order valence-corrected chi connectivity index (χ4v) is 3.27. The second-order valence-electron chi connectivity index (χ2n) is 6.39. The van der Waals surface area contributed by atoms with Gasteiger partial charge in [-0.25, -0.2) is 9.97 Å². The molecule has 0 spiro atoms. The molecule has 0 amide bonds. The monoisotopic (exact) mass is 446 g/mol. The molecule has 0 aliphatic carbocycles. The molecule has 1 N–H and O–H groups in total. The molecule has 10 heteroatoms. The molecular weight excluding hydrogens is 431 g/mol. The molecule has 1 aliphatic heterocycles. The van der Waals surface area contributed by atoms with Gasteiger partial charge in [0.1, 0.15) is 21.6 Å². The van der Waals surface area contributed by atoms with E-state index in [0.717, 1.165) is 10.8 Å². The largest absolute Gasteiger partial charge is 0.348 e. The van der Waals surface area contributed by atoms with Crippen LogP contribution >= 0.6 is 23.2 Å². The molecule has 0 aromatic carbocycles. The van der Waals surface area contributed by atoms with Crippen LogP contribution in [0.4, 0.5) is 0 Å². The van der Waals surface area contributed by atoms with Crippen molar-refractivity contribution >= 4 is 45.3 Å². The first-order valence-electron chi connectivity index (χ1n) is 9.04. The smallest absolute Gasteiger partial charge is 0.252 e. The van der Waals surface area contributed by atoms with Crippen molar-refractivity contribution in [1.29, 1.82) is 0 Å². The van der Waals surface area contributed by atoms with Gasteiger partial charge in [-0.3, -0.25) is 14.2 Å². The number of H-pyrrole nitrogens is 1. The highest BCUT2D eigenvalue weighted by Crippen LogP contribution is 2.15. The number of nitrogens with zero attached hydrogens (tertiary/aromatic N) is 3. The second-order valence-corrected chi connectivity index (χ2v) is 7.17. The molecule has 5 heterocycles. The van der Waals surface area contributed by atoms with Gasteiger partial charge < -0.3 is 14.5 Å². The van der Waals surface area contributed by atoms with E-state index >= 15 is 0 Å². The van der Waals surface area contributed by atoms with Gasteiger partial charge in [-0.05, 0) is 36.4 Å². The first-order valence-corrected chi connectivity index (χ1v) is 9.80. The molecule has 0 radical (unpaired) electrons. The summed E-state index contributed by atoms with van der Waals surface area (Å²) in [5.74, 6) is 0. The number of pyridine rings is 4. The standard InChI is InChI=1S/C12H11ClN2O3.C8H5ClN2O/c13-9-3-1-8-2-4-10(16)15(12(8)14-9)7-11-17-5-6-18-11;9-6-3-1-5-2-4-7(12)11-8(5)10-6/h1-4,11H,5-7H2;1-4H,(H,10,11,12). The molecule has 0 unspecified atom stereocenters. The molecule has 154 valence electrons. The summed E-state index contributed by atoms with van der Waals surface area (Å²) in [7, 11) is 0. The molecular formula is C20H16Cl2N4O4. The Morgan fingerprint density at radius 2 is 1.53 bits per heavy atom. The van der Waals surface area contributed by atoms with Crippen molar-refractivity contribution in [2.24, 2.45) is 0 Å². The quantitative estimate of drug-likeness (QED) is 0.475. The number of fused-ring (bicyclic) bond motifs is 2. The van der Waals surface area contributed by atoms with Crippen LogP contribution in [0.15, 0.2) is 58.1 Å². The molecule has 5 rings (SSSR count). The molecule has 1 saturated heterocycles. The summed E-state index contributed by atoms with van der Waals surface area (Å²) in [5, 5.41) is 2.47. The lowest BCUT2D eigenvalue weighted by Crippen LogP contribution is -2.27. The van der Waals surface area contributed by atoms with Crippen molar-refractivity contribution in [2.45, 2.75) is 12.8 Å². The number of hydrogen-bond donors (Lipinski definition) is 1. The lowest BCUT2D eigenvalue weighted by atomic mass is 10.3. The first kappa shape index (κ1) is 20.5. The molecule has 1 fully saturated rings. The van der Waals surface area contributed by atoms with Crippen LogP contribution in [0.25, 0.3) is 22.1 Å². The number of nitrogens with one attached hydrogen (secondary N) is 1. The SMILES string of the molecule is O=c1ccc2ccc(Cl)nc2[nH]1.O=c1ccc2ccc(Cl)nc2n1CC1OCCO1. The Kier molecular flexibility index (Phi) is 6.10. The zero-order valence-corrected chi connectivity index (χ0v) is 17.1. The van der Waals surface area contributed by atoms with E-state index in [1.807, 2.05) is 6.07 Å². The first-order chi connectivity index (χ1) is 14.5. The van der Waals surface area contributed by atoms with E-state index < -0.39 is 6.29 Å². The summed E-state index contributed by atoms with van der Waals surface area (Å²) < 4.78 is 12.2. The Bertz CT molecular complexity index is 1320. The maximum atomic E-state index is 11.9. The summed E-state index contributed by atoms with van der Waals surface area (Å²) in [6.07, 6.45) is -0.394. The fraction of sp³-hybridized carbons (Fsp3) is 0.200. The third kappa shape index (κ3) is 4.68. The maximum Gasteiger partial charge on any atom is 0.252 e. The third-order valence-corrected chi connectivity index (χ3v) is 4.79. The zero-order chi connectivity index (χ0) is 21.1. The topological polar surface area (TPSA) is 99.1 Å². The highest BCUT2D eigenvalue weighted by molar-refractivity contribution is 6.30. The van der Waals surface area contributed by atoms with Gasteiger partial charge in [-0.2, -0.15) is 0 Å². The summed E-state index contributed by atoms with van der Waals surface area (Å²) in [6.45, 7) is 1.43. The zero-order valence-electron chi connectivity index (χ0n) is 15.5. The maximum absolute atomic E-state index is 11.9. The van der Waals surface area contributed by atoms with Gasteiger partial charge in [0.25, 0.3) is 5.56 Å². The Balaban J connectivity index is 0.000000158. The minimum Gasteiger partial charge on any atom is -0.348 e. The average molecular weight is 447 g/mol. The van der Waals surface area contributed by atoms with Crippen LogP contribution in [-0.2, 0) is 16.0 Å². The van der Waals surface area contributed by atoms with Crippen LogP contribution in [0.2, 0.25) is 10.3 Å². The normalized spacial score (nSPS) is 14.1. The molecule has 8 nitrogen and oxygen atoms in total. The van der Waals surface area contributed by atoms with E-state index in [9.17, 15) is 9.59 Å². The fourth-order valence-electron chi connectivity index (χ4n) is 2.98. The van der Waals surface area contributed by atoms with E-state index in [0.29, 0.717) is 41.4 Å². The van der Waals surface area contributed by atoms with Crippen LogP contribution in [0.1, 0.15) is 0 Å². The van der Waals surface area contributed by atoms with Crippen molar-refractivity contribution in [2.75, 3.05) is 13.2 Å². The Hall–Kier alpha value is -2.78. The van der Waals surface area contributed by atoms with Crippen molar-refractivity contribution in [1.82, 2.24) is 19.5 Å². The minimum absolute atomic E-state index is 0.142. The number of rotatable bonds is 2. The van der Waals surface area contributed by atoms with Gasteiger partial charge in [0.05, 0.1) is 19.8 Å². The summed E-state index contributed by atoms with van der Waals surface area (Å²) in [5.41, 5.74) is 0.762. The summed E-state index contributed by atoms with van der Waals surface area (Å²) >= 11 is 11.5. The minimum atomic E-state index is -0.394. The molecule has 4 aromatic heterocycles. The van der Waals surface area contributed by atoms with E-state index in [2.05, 4.69) is 15.0 Å².